The molecule has 0 amide bonds. The van der Waals surface area contributed by atoms with Gasteiger partial charge in [0.05, 0.1) is 0 Å². The average molecular weight is 405 g/mol. The molecule has 9 heteroatoms. The van der Waals surface area contributed by atoms with Gasteiger partial charge in [0.2, 0.25) is 0 Å². The number of ether oxygens (including phenoxy) is 2. The average Bonchev–Trinajstić information content (AvgIpc) is 2.98. The normalized spacial score (nSPS) is 10.9. The molecule has 0 aliphatic carbocycles. The summed E-state index contributed by atoms with van der Waals surface area (Å²) in [7, 11) is 2.97. The van der Waals surface area contributed by atoms with E-state index in [-0.39, 0.29) is 34.6 Å². The summed E-state index contributed by atoms with van der Waals surface area (Å²) in [5, 5.41) is 22.0. The van der Waals surface area contributed by atoms with Crippen LogP contribution in [-0.2, 0) is 22.7 Å². The molecular formula is C16H14AsN2O6. The van der Waals surface area contributed by atoms with Gasteiger partial charge in [-0.1, -0.05) is 0 Å². The summed E-state index contributed by atoms with van der Waals surface area (Å²) in [5.41, 5.74) is 0.782. The van der Waals surface area contributed by atoms with E-state index in [2.05, 4.69) is 5.16 Å². The second-order valence-electron chi connectivity index (χ2n) is 4.86. The van der Waals surface area contributed by atoms with Crippen molar-refractivity contribution >= 4 is 30.6 Å². The van der Waals surface area contributed by atoms with E-state index >= 15 is 0 Å². The summed E-state index contributed by atoms with van der Waals surface area (Å²) in [6, 6.07) is 6.12. The van der Waals surface area contributed by atoms with Crippen LogP contribution in [0.1, 0.15) is 37.7 Å². The molecule has 0 unspecified atom stereocenters. The zero-order valence-electron chi connectivity index (χ0n) is 13.5. The van der Waals surface area contributed by atoms with Gasteiger partial charge in [-0.3, -0.25) is 0 Å². The van der Waals surface area contributed by atoms with Crippen LogP contribution in [0.25, 0.3) is 0 Å². The summed E-state index contributed by atoms with van der Waals surface area (Å²) in [6.45, 7) is 0.274. The van der Waals surface area contributed by atoms with Gasteiger partial charge in [0.15, 0.2) is 0 Å². The van der Waals surface area contributed by atoms with Crippen molar-refractivity contribution in [3.05, 3.63) is 46.3 Å². The molecule has 1 radical (unpaired) electrons. The van der Waals surface area contributed by atoms with E-state index in [1.54, 1.807) is 0 Å². The third-order valence-electron chi connectivity index (χ3n) is 3.21. The quantitative estimate of drug-likeness (QED) is 0.637. The molecule has 0 fully saturated rings. The molecule has 2 aromatic rings. The van der Waals surface area contributed by atoms with Gasteiger partial charge < -0.3 is 0 Å². The van der Waals surface area contributed by atoms with Crippen LogP contribution >= 0.6 is 0 Å². The summed E-state index contributed by atoms with van der Waals surface area (Å²) >= 11 is -1.19. The van der Waals surface area contributed by atoms with Gasteiger partial charge in [-0.25, -0.2) is 0 Å². The number of carboxylic acid groups (broad SMARTS) is 1. The fraction of sp³-hybridized carbons (Fsp3) is 0.250. The van der Waals surface area contributed by atoms with Gasteiger partial charge in [0.1, 0.15) is 0 Å². The van der Waals surface area contributed by atoms with Gasteiger partial charge >= 0.3 is 150 Å². The molecule has 129 valence electrons. The molecule has 2 rings (SSSR count). The van der Waals surface area contributed by atoms with Crippen molar-refractivity contribution in [1.29, 1.82) is 5.26 Å². The minimum atomic E-state index is -1.19. The van der Waals surface area contributed by atoms with Crippen molar-refractivity contribution in [1.82, 2.24) is 5.16 Å². The molecule has 0 bridgehead atoms. The van der Waals surface area contributed by atoms with Gasteiger partial charge in [-0.05, 0) is 0 Å². The van der Waals surface area contributed by atoms with Gasteiger partial charge in [-0.15, -0.1) is 0 Å². The number of rotatable bonds is 8. The first kappa shape index (κ1) is 18.9. The Hall–Kier alpha value is -2.46. The number of benzene rings is 1. The zero-order valence-corrected chi connectivity index (χ0v) is 15.4. The van der Waals surface area contributed by atoms with Crippen LogP contribution in [0.3, 0.4) is 0 Å². The van der Waals surface area contributed by atoms with Crippen molar-refractivity contribution in [2.45, 2.75) is 13.2 Å². The predicted molar refractivity (Wildman–Crippen MR) is 85.8 cm³/mol. The Morgan fingerprint density at radius 3 is 2.64 bits per heavy atom. The van der Waals surface area contributed by atoms with Crippen molar-refractivity contribution in [3.63, 3.8) is 0 Å². The Morgan fingerprint density at radius 2 is 2.04 bits per heavy atom. The minimum absolute atomic E-state index is 0.0544. The molecule has 0 aliphatic heterocycles. The number of methoxy groups -OCH3 is 2. The van der Waals surface area contributed by atoms with Crippen molar-refractivity contribution in [2.75, 3.05) is 14.2 Å². The number of nitrogens with zero attached hydrogens (tertiary/aromatic N) is 2. The van der Waals surface area contributed by atoms with Crippen LogP contribution in [0.15, 0.2) is 22.7 Å². The van der Waals surface area contributed by atoms with E-state index in [0.29, 0.717) is 15.7 Å². The number of carbonyl (C=O) groups is 2. The van der Waals surface area contributed by atoms with E-state index in [9.17, 15) is 14.7 Å². The van der Waals surface area contributed by atoms with E-state index < -0.39 is 21.7 Å². The first-order valence-corrected chi connectivity index (χ1v) is 8.88. The number of carboxylic acids is 1. The first-order chi connectivity index (χ1) is 12.0. The molecule has 1 aromatic heterocycles. The van der Waals surface area contributed by atoms with E-state index in [0.717, 1.165) is 0 Å². The van der Waals surface area contributed by atoms with E-state index in [4.69, 9.17) is 19.3 Å². The number of aromatic carboxylic acids is 1. The molecule has 1 N–H and O–H groups in total. The Balaban J connectivity index is 2.34. The molecule has 1 aromatic carbocycles. The summed E-state index contributed by atoms with van der Waals surface area (Å²) < 4.78 is 15.3. The Labute approximate surface area is 150 Å². The van der Waals surface area contributed by atoms with E-state index in [1.165, 1.54) is 32.4 Å². The number of aromatic nitrogens is 1. The fourth-order valence-electron chi connectivity index (χ4n) is 2.09. The van der Waals surface area contributed by atoms with Gasteiger partial charge in [0, 0.05) is 0 Å². The number of carbonyl (C=O) groups excluding carboxylic acids is 1. The molecule has 25 heavy (non-hydrogen) atoms. The first-order valence-electron chi connectivity index (χ1n) is 7.00. The van der Waals surface area contributed by atoms with Crippen LogP contribution in [-0.4, -0.2) is 50.8 Å². The van der Waals surface area contributed by atoms with Crippen LogP contribution in [0, 0.1) is 11.3 Å². The molecule has 1 heterocycles. The number of nitriles is 1. The molecule has 0 saturated carbocycles. The maximum atomic E-state index is 12.6. The Kier molecular flexibility index (Phi) is 6.48. The van der Waals surface area contributed by atoms with Crippen LogP contribution < -0.4 is 4.35 Å². The SMILES string of the molecule is COCc1onc(C(=O)[As]c2ccc(C#N)cc2C(=O)O)c1COC. The molecular weight excluding hydrogens is 391 g/mol. The summed E-state index contributed by atoms with van der Waals surface area (Å²) in [6.07, 6.45) is 0. The van der Waals surface area contributed by atoms with Crippen molar-refractivity contribution < 1.29 is 28.7 Å². The maximum absolute atomic E-state index is 12.6. The molecule has 0 atom stereocenters. The molecule has 0 spiro atoms. The molecule has 8 nitrogen and oxygen atoms in total. The third kappa shape index (κ3) is 4.34. The second kappa shape index (κ2) is 8.58. The van der Waals surface area contributed by atoms with Gasteiger partial charge in [0.25, 0.3) is 0 Å². The standard InChI is InChI=1S/C16H14AsN2O6/c1-23-7-11-13(8-24-2)25-19-14(11)15(20)17-12-4-3-9(6-18)5-10(12)16(21)22/h3-5H,7-8H2,1-2H3,(H,21,22). The van der Waals surface area contributed by atoms with Crippen LogP contribution in [0.2, 0.25) is 0 Å². The summed E-state index contributed by atoms with van der Waals surface area (Å²) in [4.78, 5) is 24.0. The van der Waals surface area contributed by atoms with Gasteiger partial charge in [-0.2, -0.15) is 0 Å². The molecule has 0 saturated heterocycles. The number of hydrogen-bond acceptors (Lipinski definition) is 7. The fourth-order valence-corrected chi connectivity index (χ4v) is 4.04. The monoisotopic (exact) mass is 405 g/mol. The Bertz CT molecular complexity index is 840. The predicted octanol–water partition coefficient (Wildman–Crippen LogP) is 0.707. The van der Waals surface area contributed by atoms with E-state index in [1.807, 2.05) is 6.07 Å². The van der Waals surface area contributed by atoms with Crippen LogP contribution in [0.5, 0.6) is 0 Å². The second-order valence-corrected chi connectivity index (χ2v) is 7.20. The van der Waals surface area contributed by atoms with Crippen molar-refractivity contribution in [3.8, 4) is 6.07 Å². The van der Waals surface area contributed by atoms with Crippen molar-refractivity contribution in [2.24, 2.45) is 0 Å². The third-order valence-corrected chi connectivity index (χ3v) is 5.41. The zero-order chi connectivity index (χ0) is 18.4. The summed E-state index contributed by atoms with van der Waals surface area (Å²) in [5.74, 6) is -0.792. The number of hydrogen-bond donors (Lipinski definition) is 1. The molecule has 0 aliphatic rings. The van der Waals surface area contributed by atoms with Crippen LogP contribution in [0.4, 0.5) is 0 Å². The Morgan fingerprint density at radius 1 is 1.32 bits per heavy atom. The topological polar surface area (TPSA) is 123 Å².